The molecule has 0 radical (unpaired) electrons. The van der Waals surface area contributed by atoms with E-state index in [1.165, 1.54) is 6.42 Å². The number of hydrogen-bond donors (Lipinski definition) is 2. The predicted octanol–water partition coefficient (Wildman–Crippen LogP) is 0.488. The van der Waals surface area contributed by atoms with E-state index < -0.39 is 0 Å². The molecule has 18 heavy (non-hydrogen) atoms. The Hall–Kier alpha value is -1.10. The highest BCUT2D eigenvalue weighted by atomic mass is 16.2. The van der Waals surface area contributed by atoms with Crippen LogP contribution < -0.4 is 11.1 Å². The van der Waals surface area contributed by atoms with Crippen molar-refractivity contribution in [2.75, 3.05) is 19.6 Å². The predicted molar refractivity (Wildman–Crippen MR) is 70.9 cm³/mol. The lowest BCUT2D eigenvalue weighted by Crippen LogP contribution is -2.41. The number of hydrogen-bond acceptors (Lipinski definition) is 3. The van der Waals surface area contributed by atoms with Gasteiger partial charge in [-0.2, -0.15) is 0 Å². The van der Waals surface area contributed by atoms with E-state index in [-0.39, 0.29) is 23.8 Å². The number of nitrogens with two attached hydrogens (primary N) is 1. The second-order valence-corrected chi connectivity index (χ2v) is 5.13. The maximum Gasteiger partial charge on any atom is 0.224 e. The molecule has 5 heteroatoms. The Kier molecular flexibility index (Phi) is 6.12. The van der Waals surface area contributed by atoms with Crippen LogP contribution in [-0.2, 0) is 9.59 Å². The third-order valence-electron chi connectivity index (χ3n) is 3.55. The van der Waals surface area contributed by atoms with Crippen LogP contribution in [-0.4, -0.2) is 42.4 Å². The minimum atomic E-state index is -0.213. The molecule has 2 unspecified atom stereocenters. The molecule has 1 saturated heterocycles. The van der Waals surface area contributed by atoms with Crippen LogP contribution in [0.5, 0.6) is 0 Å². The van der Waals surface area contributed by atoms with Crippen LogP contribution in [0.15, 0.2) is 0 Å². The van der Waals surface area contributed by atoms with Crippen molar-refractivity contribution in [3.63, 3.8) is 0 Å². The first-order valence-electron chi connectivity index (χ1n) is 6.83. The summed E-state index contributed by atoms with van der Waals surface area (Å²) in [7, 11) is 0. The standard InChI is InChI=1S/C13H25N3O2/c1-10(11(2)14)13(18)15-7-6-12(17)16-8-4-3-5-9-16/h10-11H,3-9,14H2,1-2H3,(H,15,18). The van der Waals surface area contributed by atoms with E-state index in [9.17, 15) is 9.59 Å². The molecule has 1 rings (SSSR count). The van der Waals surface area contributed by atoms with Crippen molar-refractivity contribution >= 4 is 11.8 Å². The molecule has 0 spiro atoms. The lowest BCUT2D eigenvalue weighted by Gasteiger charge is -2.26. The zero-order chi connectivity index (χ0) is 13.5. The molecule has 1 fully saturated rings. The van der Waals surface area contributed by atoms with Crippen molar-refractivity contribution in [2.45, 2.75) is 45.6 Å². The van der Waals surface area contributed by atoms with Gasteiger partial charge in [0.05, 0.1) is 0 Å². The van der Waals surface area contributed by atoms with Crippen molar-refractivity contribution in [3.8, 4) is 0 Å². The van der Waals surface area contributed by atoms with Gasteiger partial charge >= 0.3 is 0 Å². The number of carbonyl (C=O) groups is 2. The van der Waals surface area contributed by atoms with E-state index in [0.717, 1.165) is 25.9 Å². The van der Waals surface area contributed by atoms with E-state index >= 15 is 0 Å². The first kappa shape index (κ1) is 15.0. The van der Waals surface area contributed by atoms with Gasteiger partial charge in [-0.1, -0.05) is 6.92 Å². The zero-order valence-electron chi connectivity index (χ0n) is 11.4. The maximum atomic E-state index is 11.8. The largest absolute Gasteiger partial charge is 0.355 e. The summed E-state index contributed by atoms with van der Waals surface area (Å²) in [6, 6.07) is -0.164. The van der Waals surface area contributed by atoms with Crippen molar-refractivity contribution in [3.05, 3.63) is 0 Å². The van der Waals surface area contributed by atoms with Gasteiger partial charge in [-0.25, -0.2) is 0 Å². The van der Waals surface area contributed by atoms with Crippen molar-refractivity contribution < 1.29 is 9.59 Å². The maximum absolute atomic E-state index is 11.8. The lowest BCUT2D eigenvalue weighted by atomic mass is 10.0. The normalized spacial score (nSPS) is 19.2. The summed E-state index contributed by atoms with van der Waals surface area (Å²) in [4.78, 5) is 25.4. The van der Waals surface area contributed by atoms with Crippen LogP contribution in [0.3, 0.4) is 0 Å². The second kappa shape index (κ2) is 7.36. The molecule has 0 aromatic heterocycles. The number of carbonyl (C=O) groups excluding carboxylic acids is 2. The Balaban J connectivity index is 2.20. The van der Waals surface area contributed by atoms with Gasteiger partial charge in [0.1, 0.15) is 0 Å². The number of likely N-dealkylation sites (tertiary alicyclic amines) is 1. The van der Waals surface area contributed by atoms with Crippen molar-refractivity contribution in [2.24, 2.45) is 11.7 Å². The smallest absolute Gasteiger partial charge is 0.224 e. The summed E-state index contributed by atoms with van der Waals surface area (Å²) in [5.41, 5.74) is 5.65. The quantitative estimate of drug-likeness (QED) is 0.750. The number of rotatable bonds is 5. The fourth-order valence-electron chi connectivity index (χ4n) is 1.99. The SMILES string of the molecule is CC(N)C(C)C(=O)NCCC(=O)N1CCCCC1. The van der Waals surface area contributed by atoms with E-state index in [0.29, 0.717) is 13.0 Å². The Bertz CT molecular complexity index is 286. The van der Waals surface area contributed by atoms with Gasteiger partial charge < -0.3 is 16.0 Å². The van der Waals surface area contributed by atoms with E-state index in [1.807, 2.05) is 11.8 Å². The van der Waals surface area contributed by atoms with Gasteiger partial charge in [0.15, 0.2) is 0 Å². The molecule has 0 aromatic rings. The second-order valence-electron chi connectivity index (χ2n) is 5.13. The summed E-state index contributed by atoms with van der Waals surface area (Å²) in [5, 5.41) is 2.77. The number of nitrogens with one attached hydrogen (secondary N) is 1. The first-order valence-corrected chi connectivity index (χ1v) is 6.83. The zero-order valence-corrected chi connectivity index (χ0v) is 11.4. The van der Waals surface area contributed by atoms with Crippen LogP contribution in [0.1, 0.15) is 39.5 Å². The summed E-state index contributed by atoms with van der Waals surface area (Å²) in [6.07, 6.45) is 3.80. The Labute approximate surface area is 109 Å². The molecule has 1 aliphatic rings. The average Bonchev–Trinajstić information content (AvgIpc) is 2.38. The minimum absolute atomic E-state index is 0.0727. The van der Waals surface area contributed by atoms with Gasteiger partial charge in [0, 0.05) is 38.0 Å². The molecular formula is C13H25N3O2. The summed E-state index contributed by atoms with van der Waals surface area (Å²) < 4.78 is 0. The van der Waals surface area contributed by atoms with E-state index in [4.69, 9.17) is 5.73 Å². The van der Waals surface area contributed by atoms with Crippen LogP contribution in [0, 0.1) is 5.92 Å². The van der Waals surface area contributed by atoms with Crippen LogP contribution >= 0.6 is 0 Å². The molecule has 0 aliphatic carbocycles. The third kappa shape index (κ3) is 4.64. The van der Waals surface area contributed by atoms with Crippen molar-refractivity contribution in [1.82, 2.24) is 10.2 Å². The fraction of sp³-hybridized carbons (Fsp3) is 0.846. The molecule has 2 amide bonds. The lowest BCUT2D eigenvalue weighted by molar-refractivity contribution is -0.132. The molecule has 0 bridgehead atoms. The Morgan fingerprint density at radius 2 is 1.83 bits per heavy atom. The highest BCUT2D eigenvalue weighted by Crippen LogP contribution is 2.09. The highest BCUT2D eigenvalue weighted by Gasteiger charge is 2.18. The highest BCUT2D eigenvalue weighted by molar-refractivity contribution is 5.80. The third-order valence-corrected chi connectivity index (χ3v) is 3.55. The Morgan fingerprint density at radius 3 is 2.39 bits per heavy atom. The molecule has 3 N–H and O–H groups in total. The fourth-order valence-corrected chi connectivity index (χ4v) is 1.99. The van der Waals surface area contributed by atoms with Gasteiger partial charge in [0.2, 0.25) is 11.8 Å². The Morgan fingerprint density at radius 1 is 1.22 bits per heavy atom. The van der Waals surface area contributed by atoms with E-state index in [2.05, 4.69) is 5.32 Å². The summed E-state index contributed by atoms with van der Waals surface area (Å²) in [6.45, 7) is 5.74. The molecule has 0 saturated carbocycles. The van der Waals surface area contributed by atoms with Crippen LogP contribution in [0.4, 0.5) is 0 Å². The monoisotopic (exact) mass is 255 g/mol. The first-order chi connectivity index (χ1) is 8.52. The molecule has 2 atom stereocenters. The van der Waals surface area contributed by atoms with Gasteiger partial charge in [0.25, 0.3) is 0 Å². The summed E-state index contributed by atoms with van der Waals surface area (Å²) >= 11 is 0. The number of amides is 2. The van der Waals surface area contributed by atoms with Crippen LogP contribution in [0.25, 0.3) is 0 Å². The van der Waals surface area contributed by atoms with Gasteiger partial charge in [-0.3, -0.25) is 9.59 Å². The number of nitrogens with zero attached hydrogens (tertiary/aromatic N) is 1. The van der Waals surface area contributed by atoms with E-state index in [1.54, 1.807) is 6.92 Å². The molecule has 1 aliphatic heterocycles. The minimum Gasteiger partial charge on any atom is -0.355 e. The van der Waals surface area contributed by atoms with Crippen LogP contribution in [0.2, 0.25) is 0 Å². The number of piperidine rings is 1. The molecule has 0 aromatic carbocycles. The van der Waals surface area contributed by atoms with Gasteiger partial charge in [-0.05, 0) is 26.2 Å². The molecular weight excluding hydrogens is 230 g/mol. The average molecular weight is 255 g/mol. The topological polar surface area (TPSA) is 75.4 Å². The molecule has 104 valence electrons. The molecule has 5 nitrogen and oxygen atoms in total. The molecule has 1 heterocycles. The van der Waals surface area contributed by atoms with Crippen molar-refractivity contribution in [1.29, 1.82) is 0 Å². The summed E-state index contributed by atoms with van der Waals surface area (Å²) in [5.74, 6) is -0.144. The van der Waals surface area contributed by atoms with Gasteiger partial charge in [-0.15, -0.1) is 0 Å².